The van der Waals surface area contributed by atoms with E-state index >= 15 is 0 Å². The fourth-order valence-corrected chi connectivity index (χ4v) is 1.98. The zero-order chi connectivity index (χ0) is 13.0. The van der Waals surface area contributed by atoms with Gasteiger partial charge in [-0.2, -0.15) is 5.26 Å². The van der Waals surface area contributed by atoms with E-state index in [4.69, 9.17) is 9.68 Å². The molecule has 1 saturated carbocycles. The molecule has 1 aliphatic rings. The van der Waals surface area contributed by atoms with Crippen LogP contribution in [0.2, 0.25) is 0 Å². The second-order valence-corrected chi connectivity index (χ2v) is 5.26. The lowest BCUT2D eigenvalue weighted by molar-refractivity contribution is 0.389. The van der Waals surface area contributed by atoms with Gasteiger partial charge in [0.1, 0.15) is 17.2 Å². The SMILES string of the molecule is CN(C)CCCC1CC1.N#Cc1cc2ccc1o2. The van der Waals surface area contributed by atoms with Gasteiger partial charge in [-0.25, -0.2) is 0 Å². The van der Waals surface area contributed by atoms with Gasteiger partial charge >= 0.3 is 0 Å². The Morgan fingerprint density at radius 3 is 2.56 bits per heavy atom. The van der Waals surface area contributed by atoms with Crippen LogP contribution in [0.25, 0.3) is 11.2 Å². The molecule has 96 valence electrons. The normalized spacial score (nSPS) is 14.6. The Bertz CT molecular complexity index is 503. The summed E-state index contributed by atoms with van der Waals surface area (Å²) in [7, 11) is 4.29. The van der Waals surface area contributed by atoms with Crippen LogP contribution in [-0.4, -0.2) is 25.5 Å². The first-order valence-electron chi connectivity index (χ1n) is 6.56. The van der Waals surface area contributed by atoms with Gasteiger partial charge in [0, 0.05) is 6.07 Å². The molecule has 0 unspecified atom stereocenters. The number of nitrogens with zero attached hydrogens (tertiary/aromatic N) is 2. The van der Waals surface area contributed by atoms with Crippen molar-refractivity contribution in [1.82, 2.24) is 4.90 Å². The molecular weight excluding hydrogens is 224 g/mol. The molecule has 1 aliphatic carbocycles. The Hall–Kier alpha value is -1.53. The molecule has 0 saturated heterocycles. The van der Waals surface area contributed by atoms with Crippen LogP contribution < -0.4 is 0 Å². The van der Waals surface area contributed by atoms with Crippen molar-refractivity contribution in [2.24, 2.45) is 5.92 Å². The van der Waals surface area contributed by atoms with Gasteiger partial charge in [0.15, 0.2) is 0 Å². The third kappa shape index (κ3) is 3.75. The Balaban J connectivity index is 0.000000134. The van der Waals surface area contributed by atoms with E-state index in [1.165, 1.54) is 32.2 Å². The average molecular weight is 244 g/mol. The molecule has 3 heteroatoms. The van der Waals surface area contributed by atoms with Crippen LogP contribution in [0, 0.1) is 17.2 Å². The lowest BCUT2D eigenvalue weighted by Gasteiger charge is -2.07. The monoisotopic (exact) mass is 244 g/mol. The molecule has 0 aliphatic heterocycles. The molecule has 2 aromatic heterocycles. The van der Waals surface area contributed by atoms with Crippen molar-refractivity contribution in [1.29, 1.82) is 5.26 Å². The summed E-state index contributed by atoms with van der Waals surface area (Å²) < 4.78 is 5.08. The van der Waals surface area contributed by atoms with Crippen molar-refractivity contribution >= 4 is 11.2 Å². The lowest BCUT2D eigenvalue weighted by Crippen LogP contribution is -2.12. The average Bonchev–Trinajstić information content (AvgIpc) is 2.93. The summed E-state index contributed by atoms with van der Waals surface area (Å²) in [5.74, 6) is 1.12. The summed E-state index contributed by atoms with van der Waals surface area (Å²) in [4.78, 5) is 2.27. The fourth-order valence-electron chi connectivity index (χ4n) is 1.98. The van der Waals surface area contributed by atoms with Crippen molar-refractivity contribution in [3.63, 3.8) is 0 Å². The van der Waals surface area contributed by atoms with E-state index in [0.717, 1.165) is 11.5 Å². The minimum atomic E-state index is 0.632. The summed E-state index contributed by atoms with van der Waals surface area (Å²) in [5, 5.41) is 8.42. The molecule has 3 nitrogen and oxygen atoms in total. The molecule has 0 amide bonds. The minimum Gasteiger partial charge on any atom is -0.456 e. The first-order chi connectivity index (χ1) is 8.69. The molecular formula is C15H20N2O. The maximum absolute atomic E-state index is 8.42. The van der Waals surface area contributed by atoms with Crippen LogP contribution in [0.3, 0.4) is 0 Å². The number of furan rings is 2. The largest absolute Gasteiger partial charge is 0.456 e. The van der Waals surface area contributed by atoms with Crippen molar-refractivity contribution in [2.45, 2.75) is 25.7 Å². The van der Waals surface area contributed by atoms with E-state index in [2.05, 4.69) is 19.0 Å². The molecule has 0 aromatic carbocycles. The molecule has 18 heavy (non-hydrogen) atoms. The molecule has 2 aromatic rings. The van der Waals surface area contributed by atoms with Gasteiger partial charge in [-0.1, -0.05) is 12.8 Å². The van der Waals surface area contributed by atoms with Crippen LogP contribution >= 0.6 is 0 Å². The highest BCUT2D eigenvalue weighted by Crippen LogP contribution is 2.33. The third-order valence-electron chi connectivity index (χ3n) is 3.21. The fraction of sp³-hybridized carbons (Fsp3) is 0.533. The molecule has 2 heterocycles. The Morgan fingerprint density at radius 2 is 2.17 bits per heavy atom. The Labute approximate surface area is 108 Å². The van der Waals surface area contributed by atoms with Gasteiger partial charge in [0.05, 0.1) is 5.56 Å². The summed E-state index contributed by atoms with van der Waals surface area (Å²) >= 11 is 0. The first kappa shape index (κ1) is 12.9. The van der Waals surface area contributed by atoms with E-state index in [9.17, 15) is 0 Å². The third-order valence-corrected chi connectivity index (χ3v) is 3.21. The number of nitriles is 1. The number of hydrogen-bond donors (Lipinski definition) is 0. The van der Waals surface area contributed by atoms with Gasteiger partial charge in [0.25, 0.3) is 0 Å². The van der Waals surface area contributed by atoms with Crippen molar-refractivity contribution < 1.29 is 4.42 Å². The van der Waals surface area contributed by atoms with Gasteiger partial charge in [0.2, 0.25) is 0 Å². The number of rotatable bonds is 4. The predicted octanol–water partition coefficient (Wildman–Crippen LogP) is 3.48. The summed E-state index contributed by atoms with van der Waals surface area (Å²) in [6.45, 7) is 1.27. The van der Waals surface area contributed by atoms with Crippen molar-refractivity contribution in [3.8, 4) is 6.07 Å². The van der Waals surface area contributed by atoms with Crippen LogP contribution in [-0.2, 0) is 0 Å². The molecule has 1 fully saturated rings. The van der Waals surface area contributed by atoms with E-state index < -0.39 is 0 Å². The quantitative estimate of drug-likeness (QED) is 0.826. The molecule has 0 N–H and O–H groups in total. The topological polar surface area (TPSA) is 40.2 Å². The second kappa shape index (κ2) is 5.88. The number of fused-ring (bicyclic) bond motifs is 2. The molecule has 3 rings (SSSR count). The molecule has 0 atom stereocenters. The highest BCUT2D eigenvalue weighted by atomic mass is 16.3. The van der Waals surface area contributed by atoms with Gasteiger partial charge in [-0.15, -0.1) is 0 Å². The number of benzene rings is 1. The van der Waals surface area contributed by atoms with Gasteiger partial charge < -0.3 is 9.32 Å². The molecule has 2 bridgehead atoms. The van der Waals surface area contributed by atoms with Crippen LogP contribution in [0.5, 0.6) is 0 Å². The first-order valence-corrected chi connectivity index (χ1v) is 6.56. The standard InChI is InChI=1S/C8H17N.C7H3NO/c1-9(2)7-3-4-8-5-6-8;8-4-5-3-6-1-2-7(5)9-6/h8H,3-7H2,1-2H3;1-3H. The van der Waals surface area contributed by atoms with E-state index in [1.54, 1.807) is 12.1 Å². The predicted molar refractivity (Wildman–Crippen MR) is 72.6 cm³/mol. The van der Waals surface area contributed by atoms with Gasteiger partial charge in [-0.3, -0.25) is 0 Å². The summed E-state index contributed by atoms with van der Waals surface area (Å²) in [6.07, 6.45) is 5.89. The van der Waals surface area contributed by atoms with Crippen molar-refractivity contribution in [2.75, 3.05) is 20.6 Å². The summed E-state index contributed by atoms with van der Waals surface area (Å²) in [5.41, 5.74) is 2.10. The van der Waals surface area contributed by atoms with Crippen molar-refractivity contribution in [3.05, 3.63) is 23.8 Å². The highest BCUT2D eigenvalue weighted by Gasteiger charge is 2.19. The zero-order valence-corrected chi connectivity index (χ0v) is 11.1. The van der Waals surface area contributed by atoms with E-state index in [-0.39, 0.29) is 0 Å². The maximum Gasteiger partial charge on any atom is 0.145 e. The van der Waals surface area contributed by atoms with E-state index in [0.29, 0.717) is 11.1 Å². The maximum atomic E-state index is 8.42. The Kier molecular flexibility index (Phi) is 4.22. The zero-order valence-electron chi connectivity index (χ0n) is 11.1. The smallest absolute Gasteiger partial charge is 0.145 e. The number of hydrogen-bond acceptors (Lipinski definition) is 3. The highest BCUT2D eigenvalue weighted by molar-refractivity contribution is 5.69. The minimum absolute atomic E-state index is 0.632. The van der Waals surface area contributed by atoms with E-state index in [1.807, 2.05) is 12.1 Å². The van der Waals surface area contributed by atoms with Crippen LogP contribution in [0.4, 0.5) is 0 Å². The second-order valence-electron chi connectivity index (χ2n) is 5.26. The van der Waals surface area contributed by atoms with Crippen LogP contribution in [0.1, 0.15) is 31.2 Å². The Morgan fingerprint density at radius 1 is 1.39 bits per heavy atom. The van der Waals surface area contributed by atoms with Gasteiger partial charge in [-0.05, 0) is 51.5 Å². The van der Waals surface area contributed by atoms with Crippen LogP contribution in [0.15, 0.2) is 22.6 Å². The molecule has 0 spiro atoms. The molecule has 0 radical (unpaired) electrons. The summed E-state index contributed by atoms with van der Waals surface area (Å²) in [6, 6.07) is 7.40. The lowest BCUT2D eigenvalue weighted by atomic mass is 10.2.